The summed E-state index contributed by atoms with van der Waals surface area (Å²) < 4.78 is 15.4. The Bertz CT molecular complexity index is 587. The Labute approximate surface area is 106 Å². The van der Waals surface area contributed by atoms with E-state index in [0.717, 1.165) is 22.5 Å². The number of nitrogens with two attached hydrogens (primary N) is 1. The molecule has 1 aromatic carbocycles. The van der Waals surface area contributed by atoms with Gasteiger partial charge < -0.3 is 5.73 Å². The van der Waals surface area contributed by atoms with Crippen LogP contribution in [0.3, 0.4) is 0 Å². The molecule has 0 amide bonds. The molecule has 1 heterocycles. The molecule has 0 spiro atoms. The second-order valence-corrected chi connectivity index (χ2v) is 4.69. The van der Waals surface area contributed by atoms with Crippen molar-refractivity contribution in [3.8, 4) is 0 Å². The molecule has 0 aliphatic heterocycles. The van der Waals surface area contributed by atoms with Gasteiger partial charge in [0.1, 0.15) is 5.82 Å². The molecule has 0 saturated carbocycles. The van der Waals surface area contributed by atoms with Crippen molar-refractivity contribution < 1.29 is 4.39 Å². The van der Waals surface area contributed by atoms with E-state index in [4.69, 9.17) is 5.73 Å². The summed E-state index contributed by atoms with van der Waals surface area (Å²) in [6.45, 7) is 5.64. The van der Waals surface area contributed by atoms with Gasteiger partial charge in [-0.25, -0.2) is 4.39 Å². The van der Waals surface area contributed by atoms with Gasteiger partial charge in [-0.1, -0.05) is 12.1 Å². The summed E-state index contributed by atoms with van der Waals surface area (Å²) >= 11 is 0. The molecule has 0 aliphatic rings. The van der Waals surface area contributed by atoms with E-state index < -0.39 is 0 Å². The van der Waals surface area contributed by atoms with E-state index in [1.165, 1.54) is 6.07 Å². The summed E-state index contributed by atoms with van der Waals surface area (Å²) in [4.78, 5) is 0. The van der Waals surface area contributed by atoms with Crippen LogP contribution in [0.25, 0.3) is 0 Å². The zero-order valence-electron chi connectivity index (χ0n) is 11.2. The first kappa shape index (κ1) is 12.8. The number of nitrogens with zero attached hydrogens (tertiary/aromatic N) is 2. The first-order valence-electron chi connectivity index (χ1n) is 5.93. The highest BCUT2D eigenvalue weighted by molar-refractivity contribution is 5.37. The number of benzene rings is 1. The molecular formula is C14H18FN3. The van der Waals surface area contributed by atoms with Crippen LogP contribution in [0, 0.1) is 26.6 Å². The molecule has 0 fully saturated rings. The molecule has 0 radical (unpaired) electrons. The van der Waals surface area contributed by atoms with Gasteiger partial charge in [-0.15, -0.1) is 0 Å². The Morgan fingerprint density at radius 2 is 1.94 bits per heavy atom. The number of hydrogen-bond donors (Lipinski definition) is 1. The van der Waals surface area contributed by atoms with Gasteiger partial charge in [0.15, 0.2) is 0 Å². The summed E-state index contributed by atoms with van der Waals surface area (Å²) in [7, 11) is 1.88. The number of aromatic nitrogens is 2. The van der Waals surface area contributed by atoms with Crippen molar-refractivity contribution in [3.05, 3.63) is 52.1 Å². The van der Waals surface area contributed by atoms with Gasteiger partial charge in [-0.2, -0.15) is 5.10 Å². The average molecular weight is 247 g/mol. The number of aryl methyl sites for hydroxylation is 3. The minimum Gasteiger partial charge on any atom is -0.320 e. The highest BCUT2D eigenvalue weighted by Gasteiger charge is 2.18. The van der Waals surface area contributed by atoms with E-state index in [-0.39, 0.29) is 11.9 Å². The summed E-state index contributed by atoms with van der Waals surface area (Å²) in [5.41, 5.74) is 10.5. The van der Waals surface area contributed by atoms with Crippen LogP contribution in [0.5, 0.6) is 0 Å². The van der Waals surface area contributed by atoms with Crippen molar-refractivity contribution in [3.63, 3.8) is 0 Å². The first-order chi connectivity index (χ1) is 8.41. The molecular weight excluding hydrogens is 229 g/mol. The van der Waals surface area contributed by atoms with Crippen LogP contribution in [0.15, 0.2) is 18.2 Å². The Kier molecular flexibility index (Phi) is 3.22. The smallest absolute Gasteiger partial charge is 0.126 e. The fourth-order valence-corrected chi connectivity index (χ4v) is 2.21. The fraction of sp³-hybridized carbons (Fsp3) is 0.357. The highest BCUT2D eigenvalue weighted by Crippen LogP contribution is 2.26. The number of hydrogen-bond acceptors (Lipinski definition) is 2. The van der Waals surface area contributed by atoms with Crippen molar-refractivity contribution in [1.29, 1.82) is 0 Å². The fourth-order valence-electron chi connectivity index (χ4n) is 2.21. The monoisotopic (exact) mass is 247 g/mol. The van der Waals surface area contributed by atoms with Gasteiger partial charge in [-0.3, -0.25) is 4.68 Å². The lowest BCUT2D eigenvalue weighted by molar-refractivity contribution is 0.614. The molecule has 18 heavy (non-hydrogen) atoms. The van der Waals surface area contributed by atoms with E-state index in [2.05, 4.69) is 5.10 Å². The third-order valence-electron chi connectivity index (χ3n) is 3.43. The van der Waals surface area contributed by atoms with Crippen LogP contribution < -0.4 is 5.73 Å². The summed E-state index contributed by atoms with van der Waals surface area (Å²) in [5, 5.41) is 4.34. The zero-order chi connectivity index (χ0) is 13.4. The lowest BCUT2D eigenvalue weighted by Crippen LogP contribution is -2.14. The highest BCUT2D eigenvalue weighted by atomic mass is 19.1. The molecule has 1 atom stereocenters. The van der Waals surface area contributed by atoms with Crippen LogP contribution in [-0.2, 0) is 7.05 Å². The predicted octanol–water partition coefficient (Wildman–Crippen LogP) is 2.53. The molecule has 2 N–H and O–H groups in total. The maximum absolute atomic E-state index is 13.6. The molecule has 0 aliphatic carbocycles. The standard InChI is InChI=1S/C14H18FN3/c1-8-5-6-11(7-12(8)15)14(16)13-9(2)17-18(4)10(13)3/h5-7,14H,16H2,1-4H3. The van der Waals surface area contributed by atoms with E-state index in [1.54, 1.807) is 17.7 Å². The Morgan fingerprint density at radius 1 is 1.28 bits per heavy atom. The second-order valence-electron chi connectivity index (χ2n) is 4.69. The molecule has 0 saturated heterocycles. The van der Waals surface area contributed by atoms with Crippen LogP contribution in [0.4, 0.5) is 4.39 Å². The molecule has 2 aromatic rings. The Morgan fingerprint density at radius 3 is 2.44 bits per heavy atom. The van der Waals surface area contributed by atoms with Crippen molar-refractivity contribution in [1.82, 2.24) is 9.78 Å². The van der Waals surface area contributed by atoms with Crippen molar-refractivity contribution in [2.45, 2.75) is 26.8 Å². The quantitative estimate of drug-likeness (QED) is 0.886. The van der Waals surface area contributed by atoms with E-state index >= 15 is 0 Å². The molecule has 1 aromatic heterocycles. The van der Waals surface area contributed by atoms with Crippen molar-refractivity contribution >= 4 is 0 Å². The van der Waals surface area contributed by atoms with Gasteiger partial charge in [0.2, 0.25) is 0 Å². The number of rotatable bonds is 2. The third-order valence-corrected chi connectivity index (χ3v) is 3.43. The lowest BCUT2D eigenvalue weighted by atomic mass is 9.97. The maximum Gasteiger partial charge on any atom is 0.126 e. The Balaban J connectivity index is 2.47. The normalized spacial score (nSPS) is 12.8. The predicted molar refractivity (Wildman–Crippen MR) is 69.8 cm³/mol. The molecule has 3 nitrogen and oxygen atoms in total. The van der Waals surface area contributed by atoms with Crippen molar-refractivity contribution in [2.24, 2.45) is 12.8 Å². The largest absolute Gasteiger partial charge is 0.320 e. The first-order valence-corrected chi connectivity index (χ1v) is 5.93. The van der Waals surface area contributed by atoms with Gasteiger partial charge in [0.25, 0.3) is 0 Å². The molecule has 4 heteroatoms. The summed E-state index contributed by atoms with van der Waals surface area (Å²) in [5.74, 6) is -0.220. The topological polar surface area (TPSA) is 43.8 Å². The van der Waals surface area contributed by atoms with Crippen LogP contribution >= 0.6 is 0 Å². The molecule has 1 unspecified atom stereocenters. The molecule has 2 rings (SSSR count). The van der Waals surface area contributed by atoms with Gasteiger partial charge in [-0.05, 0) is 38.0 Å². The van der Waals surface area contributed by atoms with Crippen LogP contribution in [-0.4, -0.2) is 9.78 Å². The van der Waals surface area contributed by atoms with E-state index in [9.17, 15) is 4.39 Å². The SMILES string of the molecule is Cc1ccc(C(N)c2c(C)nn(C)c2C)cc1F. The third kappa shape index (κ3) is 2.04. The van der Waals surface area contributed by atoms with Gasteiger partial charge in [0.05, 0.1) is 11.7 Å². The minimum absolute atomic E-state index is 0.220. The Hall–Kier alpha value is -1.68. The van der Waals surface area contributed by atoms with Gasteiger partial charge >= 0.3 is 0 Å². The summed E-state index contributed by atoms with van der Waals surface area (Å²) in [6.07, 6.45) is 0. The molecule has 0 bridgehead atoms. The zero-order valence-corrected chi connectivity index (χ0v) is 11.2. The van der Waals surface area contributed by atoms with Crippen LogP contribution in [0.2, 0.25) is 0 Å². The van der Waals surface area contributed by atoms with Crippen LogP contribution in [0.1, 0.15) is 34.1 Å². The van der Waals surface area contributed by atoms with E-state index in [0.29, 0.717) is 5.56 Å². The minimum atomic E-state index is -0.339. The second kappa shape index (κ2) is 4.53. The lowest BCUT2D eigenvalue weighted by Gasteiger charge is -2.13. The average Bonchev–Trinajstić information content (AvgIpc) is 2.56. The van der Waals surface area contributed by atoms with E-state index in [1.807, 2.05) is 27.0 Å². The summed E-state index contributed by atoms with van der Waals surface area (Å²) in [6, 6.07) is 4.79. The van der Waals surface area contributed by atoms with Crippen molar-refractivity contribution in [2.75, 3.05) is 0 Å². The van der Waals surface area contributed by atoms with Gasteiger partial charge in [0, 0.05) is 18.3 Å². The molecule has 96 valence electrons. The maximum atomic E-state index is 13.6. The number of halogens is 1.